The first-order valence-corrected chi connectivity index (χ1v) is 9.07. The van der Waals surface area contributed by atoms with Gasteiger partial charge in [0.15, 0.2) is 0 Å². The van der Waals surface area contributed by atoms with Gasteiger partial charge in [-0.2, -0.15) is 0 Å². The minimum Gasteiger partial charge on any atom is -0.360 e. The zero-order valence-electron chi connectivity index (χ0n) is 14.6. The summed E-state index contributed by atoms with van der Waals surface area (Å²) in [7, 11) is 0. The number of anilines is 1. The fourth-order valence-electron chi connectivity index (χ4n) is 4.47. The number of pyridine rings is 1. The molecule has 0 radical (unpaired) electrons. The number of likely N-dealkylation sites (tertiary alicyclic amines) is 1. The van der Waals surface area contributed by atoms with E-state index in [1.807, 2.05) is 54.6 Å². The Morgan fingerprint density at radius 2 is 2.00 bits per heavy atom. The fraction of sp³-hybridized carbons (Fsp3) is 0.286. The lowest BCUT2D eigenvalue weighted by molar-refractivity contribution is -0.136. The van der Waals surface area contributed by atoms with E-state index in [1.54, 1.807) is 17.3 Å². The number of nitrogens with one attached hydrogen (secondary N) is 1. The van der Waals surface area contributed by atoms with E-state index in [1.165, 1.54) is 0 Å². The van der Waals surface area contributed by atoms with Crippen LogP contribution in [-0.2, 0) is 20.9 Å². The molecule has 2 fully saturated rings. The van der Waals surface area contributed by atoms with Gasteiger partial charge >= 0.3 is 0 Å². The molecule has 5 rings (SSSR count). The summed E-state index contributed by atoms with van der Waals surface area (Å²) in [5, 5.41) is 2.93. The van der Waals surface area contributed by atoms with Crippen LogP contribution in [-0.4, -0.2) is 39.9 Å². The number of hydrogen-bond acceptors (Lipinski definition) is 4. The third-order valence-electron chi connectivity index (χ3n) is 5.65. The Morgan fingerprint density at radius 3 is 2.78 bits per heavy atom. The van der Waals surface area contributed by atoms with Crippen LogP contribution in [0, 0.1) is 11.8 Å². The van der Waals surface area contributed by atoms with Gasteiger partial charge in [-0.05, 0) is 29.8 Å². The Morgan fingerprint density at radius 1 is 1.22 bits per heavy atom. The molecule has 3 aliphatic rings. The highest BCUT2D eigenvalue weighted by Crippen LogP contribution is 2.52. The van der Waals surface area contributed by atoms with Crippen LogP contribution in [0.3, 0.4) is 0 Å². The van der Waals surface area contributed by atoms with Gasteiger partial charge in [0.2, 0.25) is 11.8 Å². The highest BCUT2D eigenvalue weighted by Gasteiger charge is 2.66. The van der Waals surface area contributed by atoms with Crippen molar-refractivity contribution in [1.82, 2.24) is 9.88 Å². The number of nitrogens with zero attached hydrogens (tertiary/aromatic N) is 2. The molecule has 1 N–H and O–H groups in total. The van der Waals surface area contributed by atoms with E-state index in [0.717, 1.165) is 11.3 Å². The van der Waals surface area contributed by atoms with Crippen LogP contribution in [0.4, 0.5) is 5.69 Å². The number of amides is 2. The van der Waals surface area contributed by atoms with Crippen molar-refractivity contribution in [1.29, 1.82) is 0 Å². The summed E-state index contributed by atoms with van der Waals surface area (Å²) >= 11 is 0. The van der Waals surface area contributed by atoms with Crippen LogP contribution >= 0.6 is 0 Å². The lowest BCUT2D eigenvalue weighted by Crippen LogP contribution is -2.41. The molecule has 3 aliphatic heterocycles. The van der Waals surface area contributed by atoms with Gasteiger partial charge in [-0.25, -0.2) is 0 Å². The quantitative estimate of drug-likeness (QED) is 0.846. The number of carbonyl (C=O) groups excluding carboxylic acids is 2. The van der Waals surface area contributed by atoms with Crippen LogP contribution in [0.2, 0.25) is 0 Å². The van der Waals surface area contributed by atoms with Crippen molar-refractivity contribution in [3.05, 3.63) is 72.6 Å². The van der Waals surface area contributed by atoms with Crippen LogP contribution in [0.15, 0.2) is 67.0 Å². The van der Waals surface area contributed by atoms with Crippen molar-refractivity contribution in [3.8, 4) is 0 Å². The van der Waals surface area contributed by atoms with Crippen molar-refractivity contribution in [3.63, 3.8) is 0 Å². The zero-order valence-corrected chi connectivity index (χ0v) is 14.6. The first kappa shape index (κ1) is 16.2. The van der Waals surface area contributed by atoms with E-state index >= 15 is 0 Å². The average Bonchev–Trinajstić information content (AvgIpc) is 3.32. The van der Waals surface area contributed by atoms with E-state index in [-0.39, 0.29) is 17.9 Å². The Hall–Kier alpha value is -2.99. The van der Waals surface area contributed by atoms with E-state index < -0.39 is 17.4 Å². The average molecular weight is 361 g/mol. The summed E-state index contributed by atoms with van der Waals surface area (Å²) < 4.78 is 6.15. The van der Waals surface area contributed by atoms with Gasteiger partial charge in [-0.1, -0.05) is 30.4 Å². The molecule has 27 heavy (non-hydrogen) atoms. The van der Waals surface area contributed by atoms with Gasteiger partial charge in [0.1, 0.15) is 5.60 Å². The smallest absolute Gasteiger partial charge is 0.231 e. The molecule has 136 valence electrons. The summed E-state index contributed by atoms with van der Waals surface area (Å²) in [5.74, 6) is -1.17. The number of aromatic nitrogens is 1. The van der Waals surface area contributed by atoms with Crippen LogP contribution < -0.4 is 5.32 Å². The molecular formula is C21H19N3O3. The summed E-state index contributed by atoms with van der Waals surface area (Å²) in [4.78, 5) is 31.9. The number of carbonyl (C=O) groups is 2. The molecule has 6 heteroatoms. The fourth-order valence-corrected chi connectivity index (χ4v) is 4.47. The standard InChI is InChI=1S/C21H19N3O3/c25-19(23-15-4-2-1-3-5-15)17-16-6-9-21(27-16)13-24(20(26)18(17)21)12-14-7-10-22-11-8-14/h1-11,16-18H,12-13H2,(H,23,25)/t16-,17?,18?,21-/m1/s1. The minimum atomic E-state index is -0.687. The van der Waals surface area contributed by atoms with Gasteiger partial charge in [-0.15, -0.1) is 0 Å². The number of hydrogen-bond donors (Lipinski definition) is 1. The van der Waals surface area contributed by atoms with E-state index in [9.17, 15) is 9.59 Å². The molecule has 1 spiro atoms. The SMILES string of the molecule is O=C(Nc1ccccc1)C1C2C(=O)N(Cc3ccncc3)C[C@]23C=C[C@H]1O3. The molecule has 0 aliphatic carbocycles. The van der Waals surface area contributed by atoms with Gasteiger partial charge in [0.05, 0.1) is 24.5 Å². The first-order chi connectivity index (χ1) is 13.2. The van der Waals surface area contributed by atoms with Crippen LogP contribution in [0.1, 0.15) is 5.56 Å². The summed E-state index contributed by atoms with van der Waals surface area (Å²) in [6.45, 7) is 0.968. The predicted molar refractivity (Wildman–Crippen MR) is 98.4 cm³/mol. The molecule has 0 saturated carbocycles. The second-order valence-electron chi connectivity index (χ2n) is 7.31. The van der Waals surface area contributed by atoms with Crippen LogP contribution in [0.25, 0.3) is 0 Å². The predicted octanol–water partition coefficient (Wildman–Crippen LogP) is 2.00. The second kappa shape index (κ2) is 6.03. The van der Waals surface area contributed by atoms with E-state index in [2.05, 4.69) is 10.3 Å². The lowest BCUT2D eigenvalue weighted by Gasteiger charge is -2.23. The Kier molecular flexibility index (Phi) is 3.62. The Labute approximate surface area is 156 Å². The third-order valence-corrected chi connectivity index (χ3v) is 5.65. The summed E-state index contributed by atoms with van der Waals surface area (Å²) in [6.07, 6.45) is 6.99. The van der Waals surface area contributed by atoms with Crippen molar-refractivity contribution in [2.24, 2.45) is 11.8 Å². The van der Waals surface area contributed by atoms with Crippen molar-refractivity contribution < 1.29 is 14.3 Å². The molecule has 6 nitrogen and oxygen atoms in total. The highest BCUT2D eigenvalue weighted by molar-refractivity contribution is 5.99. The number of para-hydroxylation sites is 1. The van der Waals surface area contributed by atoms with Crippen molar-refractivity contribution in [2.75, 3.05) is 11.9 Å². The van der Waals surface area contributed by atoms with Gasteiger partial charge < -0.3 is 15.0 Å². The number of ether oxygens (including phenoxy) is 1. The zero-order chi connectivity index (χ0) is 18.4. The molecule has 2 amide bonds. The van der Waals surface area contributed by atoms with Gasteiger partial charge in [0, 0.05) is 24.6 Å². The third kappa shape index (κ3) is 2.56. The highest BCUT2D eigenvalue weighted by atomic mass is 16.5. The maximum absolute atomic E-state index is 13.2. The molecule has 2 unspecified atom stereocenters. The minimum absolute atomic E-state index is 0.0214. The second-order valence-corrected chi connectivity index (χ2v) is 7.31. The van der Waals surface area contributed by atoms with E-state index in [0.29, 0.717) is 13.1 Å². The van der Waals surface area contributed by atoms with Gasteiger partial charge in [0.25, 0.3) is 0 Å². The normalized spacial score (nSPS) is 30.6. The maximum Gasteiger partial charge on any atom is 0.231 e. The molecule has 2 saturated heterocycles. The Balaban J connectivity index is 1.39. The molecule has 1 aromatic carbocycles. The molecule has 2 aromatic rings. The monoisotopic (exact) mass is 361 g/mol. The van der Waals surface area contributed by atoms with E-state index in [4.69, 9.17) is 4.74 Å². The molecular weight excluding hydrogens is 342 g/mol. The first-order valence-electron chi connectivity index (χ1n) is 9.07. The lowest BCUT2D eigenvalue weighted by atomic mass is 9.77. The number of rotatable bonds is 4. The topological polar surface area (TPSA) is 71.5 Å². The van der Waals surface area contributed by atoms with Gasteiger partial charge in [-0.3, -0.25) is 14.6 Å². The molecule has 1 aromatic heterocycles. The molecule has 4 heterocycles. The number of fused-ring (bicyclic) bond motifs is 1. The summed E-state index contributed by atoms with van der Waals surface area (Å²) in [6, 6.07) is 13.1. The number of benzene rings is 1. The van der Waals surface area contributed by atoms with Crippen LogP contribution in [0.5, 0.6) is 0 Å². The van der Waals surface area contributed by atoms with Crippen molar-refractivity contribution in [2.45, 2.75) is 18.2 Å². The molecule has 4 atom stereocenters. The largest absolute Gasteiger partial charge is 0.360 e. The maximum atomic E-state index is 13.2. The molecule has 2 bridgehead atoms. The Bertz CT molecular complexity index is 915. The summed E-state index contributed by atoms with van der Waals surface area (Å²) in [5.41, 5.74) is 1.05. The van der Waals surface area contributed by atoms with Crippen molar-refractivity contribution >= 4 is 17.5 Å².